The van der Waals surface area contributed by atoms with Gasteiger partial charge in [0, 0.05) is 36.4 Å². The van der Waals surface area contributed by atoms with Crippen molar-refractivity contribution in [2.24, 2.45) is 0 Å². The quantitative estimate of drug-likeness (QED) is 0.314. The molecule has 0 bridgehead atoms. The van der Waals surface area contributed by atoms with Gasteiger partial charge in [-0.3, -0.25) is 9.36 Å². The number of pyridine rings is 1. The first-order chi connectivity index (χ1) is 19.8. The third kappa shape index (κ3) is 6.74. The molecule has 4 heterocycles. The molecule has 5 rings (SSSR count). The van der Waals surface area contributed by atoms with Crippen LogP contribution in [0.4, 0.5) is 13.2 Å². The Kier molecular flexibility index (Phi) is 9.30. The Morgan fingerprint density at radius 2 is 1.88 bits per heavy atom. The molecule has 43 heavy (non-hydrogen) atoms. The van der Waals surface area contributed by atoms with Crippen molar-refractivity contribution in [3.8, 4) is 17.1 Å². The molecule has 0 aliphatic carbocycles. The largest absolute Gasteiger partial charge is 0.416 e. The number of hydrogen-bond acceptors (Lipinski definition) is 8. The normalized spacial score (nSPS) is 15.7. The number of rotatable bonds is 7. The van der Waals surface area contributed by atoms with Gasteiger partial charge < -0.3 is 15.3 Å². The SMILES string of the molecule is CC1(C)CNCCN1C(=O)c1ncccc1-n1cnc(Cn2nc(-c3ccc(Cl)cc3)n(C[C@H](O)C(F)(F)F)c2=O)n1.Cl. The Balaban J connectivity index is 0.00000423. The van der Waals surface area contributed by atoms with E-state index in [0.29, 0.717) is 35.9 Å². The highest BCUT2D eigenvalue weighted by Crippen LogP contribution is 2.25. The van der Waals surface area contributed by atoms with Crippen molar-refractivity contribution in [3.05, 3.63) is 75.9 Å². The van der Waals surface area contributed by atoms with Crippen LogP contribution in [0.2, 0.25) is 5.02 Å². The van der Waals surface area contributed by atoms with E-state index in [1.807, 2.05) is 13.8 Å². The number of aliphatic hydroxyl groups is 1. The number of nitrogens with zero attached hydrogens (tertiary/aromatic N) is 8. The minimum atomic E-state index is -4.95. The van der Waals surface area contributed by atoms with Crippen molar-refractivity contribution in [1.82, 2.24) is 44.3 Å². The van der Waals surface area contributed by atoms with Gasteiger partial charge in [-0.1, -0.05) is 11.6 Å². The van der Waals surface area contributed by atoms with E-state index in [9.17, 15) is 27.9 Å². The number of piperazine rings is 1. The first-order valence-electron chi connectivity index (χ1n) is 12.9. The van der Waals surface area contributed by atoms with Gasteiger partial charge in [0.2, 0.25) is 0 Å². The predicted molar refractivity (Wildman–Crippen MR) is 152 cm³/mol. The van der Waals surface area contributed by atoms with Crippen LogP contribution >= 0.6 is 24.0 Å². The third-order valence-electron chi connectivity index (χ3n) is 6.87. The lowest BCUT2D eigenvalue weighted by Crippen LogP contribution is -2.60. The summed E-state index contributed by atoms with van der Waals surface area (Å²) in [6, 6.07) is 9.31. The second-order valence-electron chi connectivity index (χ2n) is 10.4. The number of alkyl halides is 3. The van der Waals surface area contributed by atoms with Crippen LogP contribution in [0.3, 0.4) is 0 Å². The van der Waals surface area contributed by atoms with Crippen molar-refractivity contribution < 1.29 is 23.1 Å². The zero-order chi connectivity index (χ0) is 30.2. The predicted octanol–water partition coefficient (Wildman–Crippen LogP) is 2.56. The monoisotopic (exact) mass is 641 g/mol. The highest BCUT2D eigenvalue weighted by Gasteiger charge is 2.39. The van der Waals surface area contributed by atoms with Crippen LogP contribution in [-0.4, -0.2) is 87.5 Å². The van der Waals surface area contributed by atoms with Crippen molar-refractivity contribution in [3.63, 3.8) is 0 Å². The zero-order valence-electron chi connectivity index (χ0n) is 23.0. The summed E-state index contributed by atoms with van der Waals surface area (Å²) in [6.45, 7) is 4.31. The molecule has 1 aliphatic rings. The van der Waals surface area contributed by atoms with Gasteiger partial charge in [0.25, 0.3) is 5.91 Å². The number of benzene rings is 1. The molecule has 4 aromatic rings. The molecule has 1 saturated heterocycles. The maximum absolute atomic E-state index is 13.5. The molecule has 3 aromatic heterocycles. The lowest BCUT2D eigenvalue weighted by molar-refractivity contribution is -0.207. The fourth-order valence-electron chi connectivity index (χ4n) is 4.65. The molecule has 0 saturated carbocycles. The molecule has 1 aromatic carbocycles. The summed E-state index contributed by atoms with van der Waals surface area (Å²) < 4.78 is 42.5. The molecule has 12 nitrogen and oxygen atoms in total. The molecular weight excluding hydrogens is 614 g/mol. The number of carbonyl (C=O) groups excluding carboxylic acids is 1. The molecule has 230 valence electrons. The van der Waals surface area contributed by atoms with Gasteiger partial charge in [-0.2, -0.15) is 13.2 Å². The van der Waals surface area contributed by atoms with E-state index in [4.69, 9.17) is 11.6 Å². The number of hydrogen-bond donors (Lipinski definition) is 2. The standard InChI is InChI=1S/C26H27ClF3N9O3.ClH/c1-25(2)14-31-10-11-37(25)23(41)21-18(4-3-9-32-21)39-15-33-20(34-39)13-38-24(42)36(12-19(40)26(28,29)30)22(35-38)16-5-7-17(27)8-6-16;/h3-9,15,19,31,40H,10-14H2,1-2H3;1H/t19-;/m0./s1. The summed E-state index contributed by atoms with van der Waals surface area (Å²) in [5, 5.41) is 22.0. The van der Waals surface area contributed by atoms with Gasteiger partial charge in [0.05, 0.1) is 17.8 Å². The van der Waals surface area contributed by atoms with Gasteiger partial charge >= 0.3 is 11.9 Å². The Morgan fingerprint density at radius 3 is 2.56 bits per heavy atom. The van der Waals surface area contributed by atoms with E-state index in [0.717, 1.165) is 9.25 Å². The summed E-state index contributed by atoms with van der Waals surface area (Å²) in [4.78, 5) is 37.0. The van der Waals surface area contributed by atoms with Crippen molar-refractivity contribution in [1.29, 1.82) is 0 Å². The summed E-state index contributed by atoms with van der Waals surface area (Å²) >= 11 is 5.94. The second kappa shape index (κ2) is 12.4. The maximum atomic E-state index is 13.5. The Labute approximate surface area is 254 Å². The van der Waals surface area contributed by atoms with Crippen molar-refractivity contribution >= 4 is 29.9 Å². The molecule has 0 spiro atoms. The van der Waals surface area contributed by atoms with Crippen LogP contribution in [0.15, 0.2) is 53.7 Å². The molecule has 1 amide bonds. The van der Waals surface area contributed by atoms with Gasteiger partial charge in [0.1, 0.15) is 12.9 Å². The highest BCUT2D eigenvalue weighted by molar-refractivity contribution is 6.30. The topological polar surface area (TPSA) is 136 Å². The number of aliphatic hydroxyl groups excluding tert-OH is 1. The number of carbonyl (C=O) groups is 1. The van der Waals surface area contributed by atoms with E-state index in [1.165, 1.54) is 41.5 Å². The number of amides is 1. The van der Waals surface area contributed by atoms with E-state index in [1.54, 1.807) is 17.0 Å². The van der Waals surface area contributed by atoms with Gasteiger partial charge in [0.15, 0.2) is 23.4 Å². The Morgan fingerprint density at radius 1 is 1.16 bits per heavy atom. The first kappa shape index (κ1) is 32.1. The molecule has 17 heteroatoms. The second-order valence-corrected chi connectivity index (χ2v) is 10.8. The first-order valence-corrected chi connectivity index (χ1v) is 13.3. The fraction of sp³-hybridized carbons (Fsp3) is 0.385. The van der Waals surface area contributed by atoms with Crippen LogP contribution in [0.25, 0.3) is 17.1 Å². The van der Waals surface area contributed by atoms with Gasteiger partial charge in [-0.25, -0.2) is 24.1 Å². The number of halogens is 5. The lowest BCUT2D eigenvalue weighted by Gasteiger charge is -2.42. The summed E-state index contributed by atoms with van der Waals surface area (Å²) in [5.74, 6) is -0.274. The third-order valence-corrected chi connectivity index (χ3v) is 7.12. The zero-order valence-corrected chi connectivity index (χ0v) is 24.6. The maximum Gasteiger partial charge on any atom is 0.416 e. The summed E-state index contributed by atoms with van der Waals surface area (Å²) in [7, 11) is 0. The Bertz CT molecular complexity index is 1650. The lowest BCUT2D eigenvalue weighted by atomic mass is 9.99. The summed E-state index contributed by atoms with van der Waals surface area (Å²) in [6.07, 6.45) is -4.89. The molecule has 1 atom stereocenters. The smallest absolute Gasteiger partial charge is 0.382 e. The molecule has 2 N–H and O–H groups in total. The molecule has 0 radical (unpaired) electrons. The van der Waals surface area contributed by atoms with Crippen molar-refractivity contribution in [2.75, 3.05) is 19.6 Å². The van der Waals surface area contributed by atoms with Crippen LogP contribution < -0.4 is 11.0 Å². The molecular formula is C26H28Cl2F3N9O3. The van der Waals surface area contributed by atoms with Crippen LogP contribution in [-0.2, 0) is 13.1 Å². The van der Waals surface area contributed by atoms with E-state index in [-0.39, 0.29) is 42.2 Å². The van der Waals surface area contributed by atoms with Crippen LogP contribution in [0.5, 0.6) is 0 Å². The molecule has 1 aliphatic heterocycles. The van der Waals surface area contributed by atoms with Gasteiger partial charge in [-0.15, -0.1) is 22.6 Å². The number of nitrogens with one attached hydrogen (secondary N) is 1. The van der Waals surface area contributed by atoms with Crippen LogP contribution in [0, 0.1) is 0 Å². The average molecular weight is 642 g/mol. The molecule has 1 fully saturated rings. The minimum Gasteiger partial charge on any atom is -0.382 e. The van der Waals surface area contributed by atoms with Gasteiger partial charge in [-0.05, 0) is 50.2 Å². The van der Waals surface area contributed by atoms with E-state index < -0.39 is 30.1 Å². The molecule has 0 unspecified atom stereocenters. The van der Waals surface area contributed by atoms with Crippen molar-refractivity contribution in [2.45, 2.75) is 44.8 Å². The fourth-order valence-corrected chi connectivity index (χ4v) is 4.78. The Hall–Kier alpha value is -3.79. The van der Waals surface area contributed by atoms with Crippen LogP contribution in [0.1, 0.15) is 30.2 Å². The van der Waals surface area contributed by atoms with E-state index in [2.05, 4.69) is 25.5 Å². The highest BCUT2D eigenvalue weighted by atomic mass is 35.5. The number of aromatic nitrogens is 7. The van der Waals surface area contributed by atoms with E-state index >= 15 is 0 Å². The minimum absolute atomic E-state index is 0. The average Bonchev–Trinajstić information content (AvgIpc) is 3.53. The summed E-state index contributed by atoms with van der Waals surface area (Å²) in [5.41, 5.74) is -0.505.